The number of halogens is 3. The molecule has 0 saturated carbocycles. The maximum Gasteiger partial charge on any atom is 0.180 e. The molecule has 0 saturated heterocycles. The minimum atomic E-state index is -0.750. The van der Waals surface area contributed by atoms with Crippen LogP contribution < -0.4 is 0 Å². The molecule has 0 aromatic heterocycles. The first-order chi connectivity index (χ1) is 1.73. The zero-order chi connectivity index (χ0) is 3.58. The minimum absolute atomic E-state index is 0. The fraction of sp³-hybridized carbons (Fsp3) is 1.00. The zero-order valence-electron chi connectivity index (χ0n) is 2.21. The van der Waals surface area contributed by atoms with Gasteiger partial charge < -0.3 is 0 Å². The molecular weight excluding hydrogens is 297 g/mol. The average molecular weight is 298 g/mol. The Morgan fingerprint density at radius 1 is 1.00 bits per heavy atom. The molecule has 0 heterocycles. The van der Waals surface area contributed by atoms with Crippen LogP contribution in [0.3, 0.4) is 0 Å². The Labute approximate surface area is 64.6 Å². The van der Waals surface area contributed by atoms with E-state index in [-0.39, 0.29) is 25.8 Å². The summed E-state index contributed by atoms with van der Waals surface area (Å²) in [5, 5.41) is 0. The molecule has 0 aromatic carbocycles. The standard InChI is InChI=1S/CHCl3.Hf/c2-1(3)4;/h1H;. The Hall–Kier alpha value is 1.74. The van der Waals surface area contributed by atoms with E-state index in [1.54, 1.807) is 0 Å². The van der Waals surface area contributed by atoms with Crippen molar-refractivity contribution in [3.8, 4) is 0 Å². The van der Waals surface area contributed by atoms with Crippen molar-refractivity contribution in [2.24, 2.45) is 0 Å². The van der Waals surface area contributed by atoms with Gasteiger partial charge in [-0.3, -0.25) is 0 Å². The van der Waals surface area contributed by atoms with Gasteiger partial charge in [0.05, 0.1) is 0 Å². The van der Waals surface area contributed by atoms with E-state index in [4.69, 9.17) is 34.8 Å². The molecule has 0 nitrogen and oxygen atoms in total. The monoisotopic (exact) mass is 298 g/mol. The molecule has 5 heavy (non-hydrogen) atoms. The molecule has 0 amide bonds. The smallest absolute Gasteiger partial charge is 0.0874 e. The summed E-state index contributed by atoms with van der Waals surface area (Å²) in [7, 11) is 0. The molecule has 0 N–H and O–H groups in total. The van der Waals surface area contributed by atoms with Crippen LogP contribution >= 0.6 is 34.8 Å². The van der Waals surface area contributed by atoms with Crippen LogP contribution in [0.4, 0.5) is 0 Å². The Morgan fingerprint density at radius 3 is 1.00 bits per heavy atom. The molecule has 0 fully saturated rings. The Morgan fingerprint density at radius 2 is 1.00 bits per heavy atom. The summed E-state index contributed by atoms with van der Waals surface area (Å²) in [5.41, 5.74) is 0. The molecule has 0 aliphatic heterocycles. The number of alkyl halides is 3. The van der Waals surface area contributed by atoms with Gasteiger partial charge in [0, 0.05) is 25.8 Å². The predicted molar refractivity (Wildman–Crippen MR) is 21.3 cm³/mol. The van der Waals surface area contributed by atoms with Gasteiger partial charge in [-0.1, -0.05) is 34.8 Å². The summed E-state index contributed by atoms with van der Waals surface area (Å²) in [6.45, 7) is 0. The van der Waals surface area contributed by atoms with Crippen molar-refractivity contribution in [2.45, 2.75) is 4.30 Å². The molecule has 0 aliphatic carbocycles. The molecule has 0 aromatic rings. The molecule has 0 aliphatic rings. The van der Waals surface area contributed by atoms with E-state index in [1.165, 1.54) is 0 Å². The van der Waals surface area contributed by atoms with E-state index in [9.17, 15) is 0 Å². The second kappa shape index (κ2) is 5.74. The number of hydrogen-bond acceptors (Lipinski definition) is 0. The van der Waals surface area contributed by atoms with E-state index in [0.717, 1.165) is 0 Å². The van der Waals surface area contributed by atoms with Gasteiger partial charge in [0.25, 0.3) is 0 Å². The Balaban J connectivity index is 0. The first kappa shape index (κ1) is 9.88. The van der Waals surface area contributed by atoms with E-state index >= 15 is 0 Å². The summed E-state index contributed by atoms with van der Waals surface area (Å²) in [5.74, 6) is 0. The summed E-state index contributed by atoms with van der Waals surface area (Å²) >= 11 is 14.4. The summed E-state index contributed by atoms with van der Waals surface area (Å²) in [6, 6.07) is 0. The van der Waals surface area contributed by atoms with Gasteiger partial charge in [-0.15, -0.1) is 0 Å². The molecule has 0 radical (unpaired) electrons. The maximum absolute atomic E-state index is 4.81. The maximum atomic E-state index is 4.81. The third-order valence-corrected chi connectivity index (χ3v) is 0. The van der Waals surface area contributed by atoms with Gasteiger partial charge in [0.2, 0.25) is 0 Å². The topological polar surface area (TPSA) is 0 Å². The average Bonchev–Trinajstić information content (AvgIpc) is 0.811. The van der Waals surface area contributed by atoms with Crippen molar-refractivity contribution < 1.29 is 25.8 Å². The van der Waals surface area contributed by atoms with Gasteiger partial charge >= 0.3 is 0 Å². The van der Waals surface area contributed by atoms with Crippen LogP contribution in [0, 0.1) is 0 Å². The third kappa shape index (κ3) is 26.5. The quantitative estimate of drug-likeness (QED) is 0.474. The third-order valence-electron chi connectivity index (χ3n) is 0. The van der Waals surface area contributed by atoms with Gasteiger partial charge in [-0.05, 0) is 0 Å². The fourth-order valence-corrected chi connectivity index (χ4v) is 0. The van der Waals surface area contributed by atoms with E-state index in [2.05, 4.69) is 0 Å². The second-order valence-corrected chi connectivity index (χ2v) is 2.23. The first-order valence-electron chi connectivity index (χ1n) is 0.655. The summed E-state index contributed by atoms with van der Waals surface area (Å²) in [6.07, 6.45) is 0. The molecule has 0 rings (SSSR count). The molecule has 0 bridgehead atoms. The second-order valence-electron chi connectivity index (χ2n) is 0.247. The Bertz CT molecular complexity index is 11.6. The molecule has 0 unspecified atom stereocenters. The largest absolute Gasteiger partial charge is 0.180 e. The van der Waals surface area contributed by atoms with Crippen LogP contribution in [0.25, 0.3) is 0 Å². The van der Waals surface area contributed by atoms with Crippen molar-refractivity contribution in [1.29, 1.82) is 0 Å². The predicted octanol–water partition coefficient (Wildman–Crippen LogP) is 1.98. The van der Waals surface area contributed by atoms with Crippen molar-refractivity contribution in [1.82, 2.24) is 0 Å². The number of rotatable bonds is 0. The van der Waals surface area contributed by atoms with Crippen LogP contribution in [-0.2, 0) is 25.8 Å². The van der Waals surface area contributed by atoms with E-state index < -0.39 is 4.30 Å². The van der Waals surface area contributed by atoms with Gasteiger partial charge in [-0.25, -0.2) is 0 Å². The van der Waals surface area contributed by atoms with Crippen molar-refractivity contribution in [3.63, 3.8) is 0 Å². The van der Waals surface area contributed by atoms with Gasteiger partial charge in [0.15, 0.2) is 4.30 Å². The molecule has 4 heteroatoms. The summed E-state index contributed by atoms with van der Waals surface area (Å²) < 4.78 is -0.750. The molecule has 30 valence electrons. The SMILES string of the molecule is ClC(Cl)Cl.[Hf]. The van der Waals surface area contributed by atoms with Gasteiger partial charge in [0.1, 0.15) is 0 Å². The van der Waals surface area contributed by atoms with Crippen molar-refractivity contribution in [2.75, 3.05) is 0 Å². The van der Waals surface area contributed by atoms with Crippen LogP contribution in [0.15, 0.2) is 0 Å². The van der Waals surface area contributed by atoms with Crippen LogP contribution in [0.2, 0.25) is 0 Å². The Kier molecular flexibility index (Phi) is 11.3. The van der Waals surface area contributed by atoms with Crippen molar-refractivity contribution in [3.05, 3.63) is 0 Å². The zero-order valence-corrected chi connectivity index (χ0v) is 8.07. The van der Waals surface area contributed by atoms with Gasteiger partial charge in [-0.2, -0.15) is 0 Å². The first-order valence-corrected chi connectivity index (χ1v) is 1.96. The summed E-state index contributed by atoms with van der Waals surface area (Å²) in [4.78, 5) is 0. The molecule has 0 atom stereocenters. The van der Waals surface area contributed by atoms with E-state index in [0.29, 0.717) is 0 Å². The van der Waals surface area contributed by atoms with Crippen LogP contribution in [-0.4, -0.2) is 4.30 Å². The van der Waals surface area contributed by atoms with Crippen molar-refractivity contribution >= 4 is 34.8 Å². The fourth-order valence-electron chi connectivity index (χ4n) is 0. The molecular formula is CHCl3Hf. The normalized spacial score (nSPS) is 7.20. The van der Waals surface area contributed by atoms with Crippen LogP contribution in [0.5, 0.6) is 0 Å². The molecule has 0 spiro atoms. The van der Waals surface area contributed by atoms with E-state index in [1.807, 2.05) is 0 Å². The minimum Gasteiger partial charge on any atom is -0.0874 e. The van der Waals surface area contributed by atoms with Crippen LogP contribution in [0.1, 0.15) is 0 Å². The number of hydrogen-bond donors (Lipinski definition) is 0.